The van der Waals surface area contributed by atoms with Crippen LogP contribution in [0.4, 0.5) is 10.6 Å². The normalized spacial score (nSPS) is 22.3. The van der Waals surface area contributed by atoms with E-state index in [1.807, 2.05) is 9.80 Å². The Hall–Kier alpha value is -2.71. The maximum absolute atomic E-state index is 12.6. The van der Waals surface area contributed by atoms with Crippen molar-refractivity contribution in [1.29, 1.82) is 0 Å². The number of carbonyl (C=O) groups excluding carboxylic acids is 3. The number of carbonyl (C=O) groups is 3. The molecule has 0 radical (unpaired) electrons. The van der Waals surface area contributed by atoms with Crippen LogP contribution >= 0.6 is 0 Å². The number of amides is 4. The zero-order valence-corrected chi connectivity index (χ0v) is 15.7. The molecule has 0 atom stereocenters. The minimum atomic E-state index is -0.765. The van der Waals surface area contributed by atoms with Crippen LogP contribution < -0.4 is 4.90 Å². The fourth-order valence-corrected chi connectivity index (χ4v) is 4.30. The average Bonchev–Trinajstić information content (AvgIpc) is 3.30. The molecular weight excluding hydrogens is 348 g/mol. The maximum Gasteiger partial charge on any atom is 0.327 e. The van der Waals surface area contributed by atoms with Crippen LogP contribution in [0.3, 0.4) is 0 Å². The molecule has 0 N–H and O–H groups in total. The molecule has 1 spiro atoms. The second-order valence-electron chi connectivity index (χ2n) is 7.49. The molecule has 3 aliphatic heterocycles. The van der Waals surface area contributed by atoms with Gasteiger partial charge in [0, 0.05) is 40.3 Å². The lowest BCUT2D eigenvalue weighted by atomic mass is 9.86. The van der Waals surface area contributed by atoms with E-state index >= 15 is 0 Å². The molecule has 0 bridgehead atoms. The van der Waals surface area contributed by atoms with Gasteiger partial charge in [0.2, 0.25) is 0 Å². The largest absolute Gasteiger partial charge is 0.355 e. The van der Waals surface area contributed by atoms with Crippen LogP contribution in [-0.2, 0) is 4.79 Å². The molecule has 4 heterocycles. The molecule has 3 fully saturated rings. The van der Waals surface area contributed by atoms with E-state index in [0.29, 0.717) is 37.4 Å². The topological polar surface area (TPSA) is 90.0 Å². The molecule has 4 amide bonds. The van der Waals surface area contributed by atoms with Crippen molar-refractivity contribution >= 4 is 23.7 Å². The number of anilines is 1. The van der Waals surface area contributed by atoms with Crippen LogP contribution in [0.25, 0.3) is 0 Å². The Morgan fingerprint density at radius 1 is 1.04 bits per heavy atom. The smallest absolute Gasteiger partial charge is 0.327 e. The number of rotatable bonds is 2. The van der Waals surface area contributed by atoms with Gasteiger partial charge < -0.3 is 14.7 Å². The fraction of sp³-hybridized carbons (Fsp3) is 0.611. The molecule has 9 heteroatoms. The first kappa shape index (κ1) is 17.7. The number of likely N-dealkylation sites (N-methyl/N-ethyl adjacent to an activating group) is 2. The van der Waals surface area contributed by atoms with E-state index in [1.165, 1.54) is 18.1 Å². The number of imide groups is 1. The summed E-state index contributed by atoms with van der Waals surface area (Å²) in [5, 5.41) is 0. The molecule has 0 aromatic carbocycles. The zero-order chi connectivity index (χ0) is 19.2. The summed E-state index contributed by atoms with van der Waals surface area (Å²) in [6.45, 7) is 2.69. The Bertz CT molecular complexity index is 783. The summed E-state index contributed by atoms with van der Waals surface area (Å²) < 4.78 is 0. The number of hydrogen-bond donors (Lipinski definition) is 0. The lowest BCUT2D eigenvalue weighted by molar-refractivity contribution is -0.133. The van der Waals surface area contributed by atoms with Crippen LogP contribution in [0.15, 0.2) is 12.4 Å². The van der Waals surface area contributed by atoms with Crippen molar-refractivity contribution in [3.63, 3.8) is 0 Å². The monoisotopic (exact) mass is 372 g/mol. The summed E-state index contributed by atoms with van der Waals surface area (Å²) in [6, 6.07) is -0.258. The van der Waals surface area contributed by atoms with E-state index in [-0.39, 0.29) is 17.8 Å². The number of likely N-dealkylation sites (tertiary alicyclic amines) is 1. The molecule has 9 nitrogen and oxygen atoms in total. The molecule has 3 aliphatic rings. The van der Waals surface area contributed by atoms with Gasteiger partial charge in [0.15, 0.2) is 0 Å². The number of nitrogens with zero attached hydrogens (tertiary/aromatic N) is 6. The Labute approximate surface area is 157 Å². The number of piperidine rings is 1. The quantitative estimate of drug-likeness (QED) is 0.706. The Morgan fingerprint density at radius 2 is 1.70 bits per heavy atom. The molecule has 144 valence electrons. The first-order valence-corrected chi connectivity index (χ1v) is 9.36. The summed E-state index contributed by atoms with van der Waals surface area (Å²) in [6.07, 6.45) is 6.28. The van der Waals surface area contributed by atoms with Gasteiger partial charge in [-0.25, -0.2) is 9.78 Å². The van der Waals surface area contributed by atoms with Gasteiger partial charge in [-0.15, -0.1) is 0 Å². The van der Waals surface area contributed by atoms with Gasteiger partial charge in [0.1, 0.15) is 17.1 Å². The number of hydrogen-bond acceptors (Lipinski definition) is 6. The van der Waals surface area contributed by atoms with Crippen molar-refractivity contribution in [1.82, 2.24) is 24.7 Å². The lowest BCUT2D eigenvalue weighted by Gasteiger charge is -2.41. The minimum absolute atomic E-state index is 0.0757. The summed E-state index contributed by atoms with van der Waals surface area (Å²) in [4.78, 5) is 52.6. The van der Waals surface area contributed by atoms with E-state index in [1.54, 1.807) is 18.1 Å². The van der Waals surface area contributed by atoms with Gasteiger partial charge in [-0.1, -0.05) is 0 Å². The predicted octanol–water partition coefficient (Wildman–Crippen LogP) is 0.575. The summed E-state index contributed by atoms with van der Waals surface area (Å²) in [5.74, 6) is 0.426. The van der Waals surface area contributed by atoms with Crippen molar-refractivity contribution < 1.29 is 14.4 Å². The summed E-state index contributed by atoms with van der Waals surface area (Å²) in [7, 11) is 3.22. The highest BCUT2D eigenvalue weighted by molar-refractivity contribution is 6.06. The van der Waals surface area contributed by atoms with Crippen molar-refractivity contribution in [2.45, 2.75) is 31.2 Å². The van der Waals surface area contributed by atoms with E-state index < -0.39 is 5.54 Å². The van der Waals surface area contributed by atoms with Gasteiger partial charge in [-0.3, -0.25) is 19.5 Å². The molecule has 1 aromatic heterocycles. The summed E-state index contributed by atoms with van der Waals surface area (Å²) >= 11 is 0. The maximum atomic E-state index is 12.6. The first-order chi connectivity index (χ1) is 12.9. The highest BCUT2D eigenvalue weighted by Gasteiger charge is 2.55. The Balaban J connectivity index is 1.49. The van der Waals surface area contributed by atoms with E-state index in [0.717, 1.165) is 25.9 Å². The van der Waals surface area contributed by atoms with Crippen LogP contribution in [0.1, 0.15) is 36.2 Å². The number of aromatic nitrogens is 2. The van der Waals surface area contributed by atoms with Crippen LogP contribution in [0.2, 0.25) is 0 Å². The van der Waals surface area contributed by atoms with Gasteiger partial charge in [-0.05, 0) is 25.7 Å². The van der Waals surface area contributed by atoms with Gasteiger partial charge >= 0.3 is 6.03 Å². The summed E-state index contributed by atoms with van der Waals surface area (Å²) in [5.41, 5.74) is -0.405. The lowest BCUT2D eigenvalue weighted by Crippen LogP contribution is -2.55. The molecule has 0 saturated carbocycles. The van der Waals surface area contributed by atoms with Crippen LogP contribution in [0.5, 0.6) is 0 Å². The highest BCUT2D eigenvalue weighted by atomic mass is 16.2. The molecule has 27 heavy (non-hydrogen) atoms. The SMILES string of the molecule is CN1C(=O)N(C)C2(CCN(c3cncc(C(=O)N4CCCC4)n3)CC2)C1=O. The Morgan fingerprint density at radius 3 is 2.30 bits per heavy atom. The molecule has 3 saturated heterocycles. The first-order valence-electron chi connectivity index (χ1n) is 9.36. The van der Waals surface area contributed by atoms with Crippen molar-refractivity contribution in [2.24, 2.45) is 0 Å². The molecule has 4 rings (SSSR count). The molecular formula is C18H24N6O3. The Kier molecular flexibility index (Phi) is 4.24. The third-order valence-corrected chi connectivity index (χ3v) is 6.07. The molecule has 0 aliphatic carbocycles. The van der Waals surface area contributed by atoms with Crippen LogP contribution in [-0.4, -0.2) is 88.3 Å². The zero-order valence-electron chi connectivity index (χ0n) is 15.7. The fourth-order valence-electron chi connectivity index (χ4n) is 4.30. The second kappa shape index (κ2) is 6.47. The van der Waals surface area contributed by atoms with Gasteiger partial charge in [0.25, 0.3) is 11.8 Å². The number of urea groups is 1. The molecule has 1 aromatic rings. The van der Waals surface area contributed by atoms with Crippen molar-refractivity contribution in [2.75, 3.05) is 45.2 Å². The minimum Gasteiger partial charge on any atom is -0.355 e. The van der Waals surface area contributed by atoms with Gasteiger partial charge in [0.05, 0.1) is 12.4 Å². The van der Waals surface area contributed by atoms with E-state index in [4.69, 9.17) is 0 Å². The van der Waals surface area contributed by atoms with Crippen molar-refractivity contribution in [3.05, 3.63) is 18.1 Å². The average molecular weight is 372 g/mol. The van der Waals surface area contributed by atoms with Crippen LogP contribution in [0, 0.1) is 0 Å². The van der Waals surface area contributed by atoms with Crippen molar-refractivity contribution in [3.8, 4) is 0 Å². The third-order valence-electron chi connectivity index (χ3n) is 6.07. The van der Waals surface area contributed by atoms with Gasteiger partial charge in [-0.2, -0.15) is 0 Å². The molecule has 0 unspecified atom stereocenters. The predicted molar refractivity (Wildman–Crippen MR) is 97.3 cm³/mol. The highest BCUT2D eigenvalue weighted by Crippen LogP contribution is 2.36. The van der Waals surface area contributed by atoms with E-state index in [9.17, 15) is 14.4 Å². The van der Waals surface area contributed by atoms with E-state index in [2.05, 4.69) is 9.97 Å². The third kappa shape index (κ3) is 2.72. The second-order valence-corrected chi connectivity index (χ2v) is 7.49. The standard InChI is InChI=1S/C18H24N6O3/c1-21-16(26)18(22(2)17(21)27)5-9-23(10-6-18)14-12-19-11-13(20-14)15(25)24-7-3-4-8-24/h11-12H,3-10H2,1-2H3.